The van der Waals surface area contributed by atoms with Crippen molar-refractivity contribution >= 4 is 0 Å². The molecule has 0 bridgehead atoms. The van der Waals surface area contributed by atoms with Crippen molar-refractivity contribution in [3.8, 4) is 0 Å². The van der Waals surface area contributed by atoms with Gasteiger partial charge < -0.3 is 5.73 Å². The molecule has 1 aliphatic carbocycles. The standard InChI is InChI=1S/C12H24N2/c1-11(2,3)14-7-9-5-6-10(13)12(9,4)8-14/h9-10H,5-8,13H2,1-4H3/t9?,10-,12+/m1/s1. The largest absolute Gasteiger partial charge is 0.327 e. The molecule has 82 valence electrons. The molecular formula is C12H24N2. The second-order valence-electron chi connectivity index (χ2n) is 6.44. The minimum atomic E-state index is 0.313. The summed E-state index contributed by atoms with van der Waals surface area (Å²) >= 11 is 0. The van der Waals surface area contributed by atoms with Crippen molar-refractivity contribution in [3.05, 3.63) is 0 Å². The number of rotatable bonds is 0. The van der Waals surface area contributed by atoms with Crippen LogP contribution in [0, 0.1) is 11.3 Å². The Hall–Kier alpha value is -0.0800. The fourth-order valence-corrected chi connectivity index (χ4v) is 3.14. The summed E-state index contributed by atoms with van der Waals surface area (Å²) in [5.74, 6) is 0.844. The molecule has 1 unspecified atom stereocenters. The van der Waals surface area contributed by atoms with Crippen molar-refractivity contribution in [1.82, 2.24) is 4.90 Å². The molecule has 2 nitrogen and oxygen atoms in total. The van der Waals surface area contributed by atoms with Gasteiger partial charge in [-0.2, -0.15) is 0 Å². The number of nitrogens with zero attached hydrogens (tertiary/aromatic N) is 1. The number of fused-ring (bicyclic) bond motifs is 1. The zero-order valence-corrected chi connectivity index (χ0v) is 10.0. The maximum atomic E-state index is 6.23. The predicted octanol–water partition coefficient (Wildman–Crippen LogP) is 1.84. The number of hydrogen-bond donors (Lipinski definition) is 1. The van der Waals surface area contributed by atoms with Crippen LogP contribution >= 0.6 is 0 Å². The second-order valence-corrected chi connectivity index (χ2v) is 6.44. The van der Waals surface area contributed by atoms with Gasteiger partial charge in [0, 0.05) is 24.7 Å². The maximum Gasteiger partial charge on any atom is 0.0125 e. The minimum absolute atomic E-state index is 0.313. The van der Waals surface area contributed by atoms with Crippen LogP contribution in [-0.4, -0.2) is 29.6 Å². The van der Waals surface area contributed by atoms with Crippen molar-refractivity contribution < 1.29 is 0 Å². The van der Waals surface area contributed by atoms with Gasteiger partial charge in [-0.3, -0.25) is 4.90 Å². The monoisotopic (exact) mass is 196 g/mol. The van der Waals surface area contributed by atoms with Crippen molar-refractivity contribution in [2.75, 3.05) is 13.1 Å². The van der Waals surface area contributed by atoms with Crippen LogP contribution in [0.3, 0.4) is 0 Å². The number of nitrogens with two attached hydrogens (primary N) is 1. The summed E-state index contributed by atoms with van der Waals surface area (Å²) in [6.45, 7) is 11.8. The van der Waals surface area contributed by atoms with Crippen molar-refractivity contribution in [2.24, 2.45) is 17.1 Å². The molecule has 2 aliphatic rings. The van der Waals surface area contributed by atoms with Gasteiger partial charge in [-0.15, -0.1) is 0 Å². The third kappa shape index (κ3) is 1.40. The van der Waals surface area contributed by atoms with Crippen LogP contribution in [0.2, 0.25) is 0 Å². The Labute approximate surface area is 87.8 Å². The lowest BCUT2D eigenvalue weighted by Gasteiger charge is -2.35. The molecule has 1 saturated heterocycles. The molecule has 0 aromatic heterocycles. The fourth-order valence-electron chi connectivity index (χ4n) is 3.14. The molecule has 0 aromatic rings. The van der Waals surface area contributed by atoms with Crippen LogP contribution in [0.15, 0.2) is 0 Å². The molecule has 1 heterocycles. The highest BCUT2D eigenvalue weighted by atomic mass is 15.2. The van der Waals surface area contributed by atoms with Gasteiger partial charge in [0.05, 0.1) is 0 Å². The van der Waals surface area contributed by atoms with Crippen molar-refractivity contribution in [1.29, 1.82) is 0 Å². The first-order valence-corrected chi connectivity index (χ1v) is 5.85. The summed E-state index contributed by atoms with van der Waals surface area (Å²) in [7, 11) is 0. The maximum absolute atomic E-state index is 6.23. The quantitative estimate of drug-likeness (QED) is 0.640. The smallest absolute Gasteiger partial charge is 0.0125 e. The summed E-state index contributed by atoms with van der Waals surface area (Å²) in [6.07, 6.45) is 2.57. The van der Waals surface area contributed by atoms with E-state index < -0.39 is 0 Å². The molecule has 1 saturated carbocycles. The topological polar surface area (TPSA) is 29.3 Å². The number of likely N-dealkylation sites (tertiary alicyclic amines) is 1. The zero-order valence-electron chi connectivity index (χ0n) is 10.0. The second kappa shape index (κ2) is 2.96. The average Bonchev–Trinajstić information content (AvgIpc) is 2.49. The molecule has 0 aromatic carbocycles. The van der Waals surface area contributed by atoms with Gasteiger partial charge in [-0.1, -0.05) is 6.92 Å². The molecular weight excluding hydrogens is 172 g/mol. The van der Waals surface area contributed by atoms with Crippen LogP contribution in [0.4, 0.5) is 0 Å². The first-order chi connectivity index (χ1) is 6.34. The van der Waals surface area contributed by atoms with Gasteiger partial charge in [0.15, 0.2) is 0 Å². The van der Waals surface area contributed by atoms with Crippen LogP contribution in [0.1, 0.15) is 40.5 Å². The van der Waals surface area contributed by atoms with E-state index in [1.807, 2.05) is 0 Å². The molecule has 14 heavy (non-hydrogen) atoms. The summed E-state index contributed by atoms with van der Waals surface area (Å²) in [5.41, 5.74) is 6.94. The van der Waals surface area contributed by atoms with Gasteiger partial charge >= 0.3 is 0 Å². The Kier molecular flexibility index (Phi) is 2.20. The van der Waals surface area contributed by atoms with Gasteiger partial charge in [0.1, 0.15) is 0 Å². The Morgan fingerprint density at radius 1 is 1.29 bits per heavy atom. The van der Waals surface area contributed by atoms with E-state index in [1.54, 1.807) is 0 Å². The van der Waals surface area contributed by atoms with E-state index >= 15 is 0 Å². The van der Waals surface area contributed by atoms with Crippen LogP contribution in [0.25, 0.3) is 0 Å². The number of hydrogen-bond acceptors (Lipinski definition) is 2. The van der Waals surface area contributed by atoms with Crippen molar-refractivity contribution in [2.45, 2.75) is 52.1 Å². The Balaban J connectivity index is 2.15. The molecule has 2 rings (SSSR count). The van der Waals surface area contributed by atoms with E-state index in [-0.39, 0.29) is 0 Å². The normalized spacial score (nSPS) is 44.4. The van der Waals surface area contributed by atoms with E-state index in [0.717, 1.165) is 5.92 Å². The average molecular weight is 196 g/mol. The Bertz CT molecular complexity index is 231. The lowest BCUT2D eigenvalue weighted by molar-refractivity contribution is 0.144. The highest BCUT2D eigenvalue weighted by Gasteiger charge is 2.52. The molecule has 2 N–H and O–H groups in total. The summed E-state index contributed by atoms with van der Waals surface area (Å²) in [5, 5.41) is 0. The van der Waals surface area contributed by atoms with E-state index in [0.29, 0.717) is 17.0 Å². The minimum Gasteiger partial charge on any atom is -0.327 e. The molecule has 0 radical (unpaired) electrons. The van der Waals surface area contributed by atoms with Gasteiger partial charge in [0.2, 0.25) is 0 Å². The van der Waals surface area contributed by atoms with Crippen LogP contribution in [-0.2, 0) is 0 Å². The third-order valence-corrected chi connectivity index (χ3v) is 4.53. The summed E-state index contributed by atoms with van der Waals surface area (Å²) in [6, 6.07) is 0.430. The molecule has 0 spiro atoms. The van der Waals surface area contributed by atoms with E-state index in [2.05, 4.69) is 32.6 Å². The zero-order chi connectivity index (χ0) is 10.6. The predicted molar refractivity (Wildman–Crippen MR) is 60.1 cm³/mol. The third-order valence-electron chi connectivity index (χ3n) is 4.53. The highest BCUT2D eigenvalue weighted by molar-refractivity contribution is 5.06. The first kappa shape index (κ1) is 10.4. The first-order valence-electron chi connectivity index (χ1n) is 5.85. The highest BCUT2D eigenvalue weighted by Crippen LogP contribution is 2.48. The molecule has 2 heteroatoms. The summed E-state index contributed by atoms with van der Waals surface area (Å²) < 4.78 is 0. The lowest BCUT2D eigenvalue weighted by atomic mass is 9.80. The summed E-state index contributed by atoms with van der Waals surface area (Å²) in [4.78, 5) is 2.61. The Morgan fingerprint density at radius 2 is 1.93 bits per heavy atom. The molecule has 1 aliphatic heterocycles. The Morgan fingerprint density at radius 3 is 2.43 bits per heavy atom. The van der Waals surface area contributed by atoms with Crippen LogP contribution < -0.4 is 5.73 Å². The van der Waals surface area contributed by atoms with E-state index in [1.165, 1.54) is 25.9 Å². The molecule has 3 atom stereocenters. The van der Waals surface area contributed by atoms with E-state index in [9.17, 15) is 0 Å². The van der Waals surface area contributed by atoms with Crippen LogP contribution in [0.5, 0.6) is 0 Å². The van der Waals surface area contributed by atoms with Gasteiger partial charge in [-0.05, 0) is 44.9 Å². The fraction of sp³-hybridized carbons (Fsp3) is 1.00. The van der Waals surface area contributed by atoms with Crippen molar-refractivity contribution in [3.63, 3.8) is 0 Å². The van der Waals surface area contributed by atoms with E-state index in [4.69, 9.17) is 5.73 Å². The SMILES string of the molecule is CC(C)(C)N1CC2CC[C@@H](N)[C@@]2(C)C1. The van der Waals surface area contributed by atoms with Gasteiger partial charge in [-0.25, -0.2) is 0 Å². The molecule has 0 amide bonds. The van der Waals surface area contributed by atoms with Gasteiger partial charge in [0.25, 0.3) is 0 Å². The lowest BCUT2D eigenvalue weighted by Crippen LogP contribution is -2.44. The molecule has 2 fully saturated rings.